The number of nitrogens with zero attached hydrogens (tertiary/aromatic N) is 3. The van der Waals surface area contributed by atoms with E-state index in [4.69, 9.17) is 0 Å². The van der Waals surface area contributed by atoms with Gasteiger partial charge in [-0.15, -0.1) is 0 Å². The maximum absolute atomic E-state index is 15.7. The van der Waals surface area contributed by atoms with Crippen LogP contribution >= 0.6 is 0 Å². The van der Waals surface area contributed by atoms with Gasteiger partial charge in [-0.1, -0.05) is 0 Å². The molecule has 3 fully saturated rings. The Kier molecular flexibility index (Phi) is 9.22. The number of anilines is 2. The van der Waals surface area contributed by atoms with E-state index in [1.54, 1.807) is 10.7 Å². The van der Waals surface area contributed by atoms with Crippen LogP contribution in [0.1, 0.15) is 87.3 Å². The lowest BCUT2D eigenvalue weighted by Gasteiger charge is -2.28. The van der Waals surface area contributed by atoms with Crippen LogP contribution < -0.4 is 20.9 Å². The summed E-state index contributed by atoms with van der Waals surface area (Å²) in [6, 6.07) is 2.71. The summed E-state index contributed by atoms with van der Waals surface area (Å²) in [5.41, 5.74) is 0.168. The maximum atomic E-state index is 15.7. The predicted octanol–water partition coefficient (Wildman–Crippen LogP) is 4.69. The maximum Gasteiger partial charge on any atom is 0.405 e. The summed E-state index contributed by atoms with van der Waals surface area (Å²) >= 11 is 0. The van der Waals surface area contributed by atoms with Crippen molar-refractivity contribution in [3.63, 3.8) is 0 Å². The standard InChI is InChI=1S/C31H38F4N6O4/c1-16(2)41-23(10-11-37-41)29(44)39-27(26(18-6-7-18)19-8-9-19)30(45)38-22-14-24(40-12-4-5-25(40)42)20(13-21(22)32)17(3)28(43)36-15-31(33,34)35/h10-11,13-14,16-19,26-27H,4-9,12,15H2,1-3H3,(H,36,43)(H,38,45)(H,39,44)/t17?,27-/m0/s1. The lowest BCUT2D eigenvalue weighted by Crippen LogP contribution is -2.50. The van der Waals surface area contributed by atoms with E-state index in [9.17, 15) is 32.3 Å². The quantitative estimate of drug-likeness (QED) is 0.293. The van der Waals surface area contributed by atoms with Crippen LogP contribution in [0.2, 0.25) is 0 Å². The van der Waals surface area contributed by atoms with Crippen molar-refractivity contribution in [1.29, 1.82) is 0 Å². The molecule has 1 aromatic carbocycles. The zero-order chi connectivity index (χ0) is 32.6. The second kappa shape index (κ2) is 12.8. The largest absolute Gasteiger partial charge is 0.405 e. The predicted molar refractivity (Wildman–Crippen MR) is 157 cm³/mol. The SMILES string of the molecule is CC(C(=O)NCC(F)(F)F)c1cc(F)c(NC(=O)[C@@H](NC(=O)c2ccnn2C(C)C)C(C2CC2)C2CC2)cc1N1CCCC1=O. The Morgan fingerprint density at radius 1 is 1.04 bits per heavy atom. The van der Waals surface area contributed by atoms with Gasteiger partial charge in [0.15, 0.2) is 0 Å². The van der Waals surface area contributed by atoms with Gasteiger partial charge < -0.3 is 20.9 Å². The summed E-state index contributed by atoms with van der Waals surface area (Å²) < 4.78 is 55.5. The van der Waals surface area contributed by atoms with Crippen LogP contribution in [0.4, 0.5) is 28.9 Å². The highest BCUT2D eigenvalue weighted by Gasteiger charge is 2.48. The van der Waals surface area contributed by atoms with Crippen LogP contribution in [-0.4, -0.2) is 58.7 Å². The molecule has 1 aliphatic heterocycles. The van der Waals surface area contributed by atoms with Crippen LogP contribution in [0.3, 0.4) is 0 Å². The van der Waals surface area contributed by atoms with E-state index in [0.29, 0.717) is 6.42 Å². The first kappa shape index (κ1) is 32.4. The normalized spacial score (nSPS) is 18.3. The van der Waals surface area contributed by atoms with Crippen LogP contribution in [0, 0.1) is 23.6 Å². The van der Waals surface area contributed by atoms with E-state index in [2.05, 4.69) is 15.7 Å². The number of aromatic nitrogens is 2. The second-order valence-corrected chi connectivity index (χ2v) is 12.5. The molecule has 2 heterocycles. The molecule has 1 saturated heterocycles. The van der Waals surface area contributed by atoms with E-state index in [0.717, 1.165) is 31.7 Å². The molecule has 2 aliphatic carbocycles. The molecule has 4 amide bonds. The van der Waals surface area contributed by atoms with E-state index < -0.39 is 48.2 Å². The van der Waals surface area contributed by atoms with Crippen molar-refractivity contribution in [2.45, 2.75) is 83.5 Å². The lowest BCUT2D eigenvalue weighted by molar-refractivity contribution is -0.139. The average Bonchev–Trinajstić information content (AvgIpc) is 3.90. The van der Waals surface area contributed by atoms with E-state index in [-0.39, 0.29) is 65.3 Å². The van der Waals surface area contributed by atoms with Gasteiger partial charge in [0, 0.05) is 30.9 Å². The Morgan fingerprint density at radius 2 is 1.71 bits per heavy atom. The molecule has 1 unspecified atom stereocenters. The molecule has 3 aliphatic rings. The monoisotopic (exact) mass is 634 g/mol. The number of benzene rings is 1. The zero-order valence-electron chi connectivity index (χ0n) is 25.4. The van der Waals surface area contributed by atoms with Crippen molar-refractivity contribution in [1.82, 2.24) is 20.4 Å². The minimum absolute atomic E-state index is 0.0149. The molecule has 0 bridgehead atoms. The highest BCUT2D eigenvalue weighted by atomic mass is 19.4. The fraction of sp³-hybridized carbons (Fsp3) is 0.581. The molecule has 0 radical (unpaired) electrons. The summed E-state index contributed by atoms with van der Waals surface area (Å²) in [5, 5.41) is 11.5. The average molecular weight is 635 g/mol. The number of amides is 4. The fourth-order valence-corrected chi connectivity index (χ4v) is 6.20. The molecule has 10 nitrogen and oxygen atoms in total. The third-order valence-corrected chi connectivity index (χ3v) is 8.74. The number of carbonyl (C=O) groups excluding carboxylic acids is 4. The molecule has 2 saturated carbocycles. The van der Waals surface area contributed by atoms with Crippen molar-refractivity contribution in [2.24, 2.45) is 17.8 Å². The van der Waals surface area contributed by atoms with E-state index >= 15 is 4.39 Å². The van der Waals surface area contributed by atoms with E-state index in [1.165, 1.54) is 24.1 Å². The van der Waals surface area contributed by atoms with Gasteiger partial charge in [0.25, 0.3) is 5.91 Å². The number of nitrogens with one attached hydrogen (secondary N) is 3. The first-order valence-corrected chi connectivity index (χ1v) is 15.4. The summed E-state index contributed by atoms with van der Waals surface area (Å²) in [6.45, 7) is 3.78. The molecule has 2 aromatic rings. The Hall–Kier alpha value is -3.97. The molecule has 0 spiro atoms. The molecule has 5 rings (SSSR count). The highest BCUT2D eigenvalue weighted by molar-refractivity contribution is 6.02. The molecule has 3 N–H and O–H groups in total. The number of carbonyl (C=O) groups is 4. The van der Waals surface area contributed by atoms with Crippen LogP contribution in [0.25, 0.3) is 0 Å². The van der Waals surface area contributed by atoms with Gasteiger partial charge in [-0.3, -0.25) is 23.9 Å². The molecular formula is C31H38F4N6O4. The summed E-state index contributed by atoms with van der Waals surface area (Å²) in [6.07, 6.45) is 1.25. The molecule has 45 heavy (non-hydrogen) atoms. The van der Waals surface area contributed by atoms with Crippen molar-refractivity contribution in [3.05, 3.63) is 41.5 Å². The van der Waals surface area contributed by atoms with Gasteiger partial charge in [0.05, 0.1) is 11.6 Å². The smallest absolute Gasteiger partial charge is 0.346 e. The Labute approximate surface area is 258 Å². The van der Waals surface area contributed by atoms with E-state index in [1.807, 2.05) is 19.2 Å². The number of hydrogen-bond acceptors (Lipinski definition) is 5. The Balaban J connectivity index is 1.44. The topological polar surface area (TPSA) is 125 Å². The van der Waals surface area contributed by atoms with Gasteiger partial charge in [-0.2, -0.15) is 18.3 Å². The molecule has 2 atom stereocenters. The number of rotatable bonds is 12. The van der Waals surface area contributed by atoms with Gasteiger partial charge >= 0.3 is 6.18 Å². The first-order valence-electron chi connectivity index (χ1n) is 15.4. The molecule has 14 heteroatoms. The van der Waals surface area contributed by atoms with Crippen molar-refractivity contribution < 1.29 is 36.7 Å². The molecular weight excluding hydrogens is 596 g/mol. The zero-order valence-corrected chi connectivity index (χ0v) is 25.4. The molecule has 1 aromatic heterocycles. The number of hydrogen-bond donors (Lipinski definition) is 3. The van der Waals surface area contributed by atoms with Crippen LogP contribution in [0.5, 0.6) is 0 Å². The third kappa shape index (κ3) is 7.47. The number of halogens is 4. The summed E-state index contributed by atoms with van der Waals surface area (Å²) in [4.78, 5) is 54.1. The number of alkyl halides is 3. The van der Waals surface area contributed by atoms with Crippen molar-refractivity contribution in [2.75, 3.05) is 23.3 Å². The lowest BCUT2D eigenvalue weighted by atomic mass is 9.88. The minimum Gasteiger partial charge on any atom is -0.346 e. The summed E-state index contributed by atoms with van der Waals surface area (Å²) in [5.74, 6) is -4.22. The van der Waals surface area contributed by atoms with Gasteiger partial charge in [-0.05, 0) is 94.4 Å². The Morgan fingerprint density at radius 3 is 2.27 bits per heavy atom. The highest BCUT2D eigenvalue weighted by Crippen LogP contribution is 2.51. The third-order valence-electron chi connectivity index (χ3n) is 8.74. The minimum atomic E-state index is -4.64. The van der Waals surface area contributed by atoms with Gasteiger partial charge in [0.2, 0.25) is 17.7 Å². The fourth-order valence-electron chi connectivity index (χ4n) is 6.20. The van der Waals surface area contributed by atoms with Crippen LogP contribution in [0.15, 0.2) is 24.4 Å². The van der Waals surface area contributed by atoms with Gasteiger partial charge in [-0.25, -0.2) is 4.39 Å². The van der Waals surface area contributed by atoms with Crippen molar-refractivity contribution in [3.8, 4) is 0 Å². The Bertz CT molecular complexity index is 1450. The van der Waals surface area contributed by atoms with Gasteiger partial charge in [0.1, 0.15) is 24.1 Å². The second-order valence-electron chi connectivity index (χ2n) is 12.5. The first-order chi connectivity index (χ1) is 21.2. The van der Waals surface area contributed by atoms with Crippen molar-refractivity contribution >= 4 is 35.0 Å². The summed E-state index contributed by atoms with van der Waals surface area (Å²) in [7, 11) is 0. The van der Waals surface area contributed by atoms with Crippen LogP contribution in [-0.2, 0) is 14.4 Å². The molecule has 244 valence electrons.